The van der Waals surface area contributed by atoms with Crippen LogP contribution in [0.1, 0.15) is 65.5 Å². The minimum absolute atomic E-state index is 0.0420. The molecule has 110 valence electrons. The first-order chi connectivity index (χ1) is 9.64. The molecule has 0 bridgehead atoms. The van der Waals surface area contributed by atoms with Crippen LogP contribution in [-0.4, -0.2) is 9.97 Å². The van der Waals surface area contributed by atoms with E-state index in [0.29, 0.717) is 0 Å². The summed E-state index contributed by atoms with van der Waals surface area (Å²) < 4.78 is 0. The van der Waals surface area contributed by atoms with E-state index in [1.54, 1.807) is 0 Å². The lowest BCUT2D eigenvalue weighted by molar-refractivity contribution is 0.546. The highest BCUT2D eigenvalue weighted by Gasteiger charge is 2.35. The zero-order valence-corrected chi connectivity index (χ0v) is 14.1. The van der Waals surface area contributed by atoms with Crippen LogP contribution < -0.4 is 0 Å². The van der Waals surface area contributed by atoms with Crippen LogP contribution in [0.5, 0.6) is 0 Å². The van der Waals surface area contributed by atoms with Crippen molar-refractivity contribution in [2.24, 2.45) is 0 Å². The summed E-state index contributed by atoms with van der Waals surface area (Å²) in [7, 11) is 0. The number of allylic oxidation sites excluding steroid dienone is 2. The average molecular weight is 280 g/mol. The Morgan fingerprint density at radius 2 is 1.76 bits per heavy atom. The minimum Gasteiger partial charge on any atom is -0.256 e. The van der Waals surface area contributed by atoms with Gasteiger partial charge in [0.2, 0.25) is 0 Å². The van der Waals surface area contributed by atoms with E-state index in [1.807, 2.05) is 6.20 Å². The van der Waals surface area contributed by atoms with Crippen molar-refractivity contribution in [1.82, 2.24) is 9.97 Å². The van der Waals surface area contributed by atoms with Crippen molar-refractivity contribution in [1.29, 1.82) is 0 Å². The molecule has 0 unspecified atom stereocenters. The Bertz CT molecular complexity index is 774. The lowest BCUT2D eigenvalue weighted by Gasteiger charge is -2.34. The fourth-order valence-electron chi connectivity index (χ4n) is 3.15. The largest absolute Gasteiger partial charge is 0.256 e. The van der Waals surface area contributed by atoms with Gasteiger partial charge < -0.3 is 0 Å². The quantitative estimate of drug-likeness (QED) is 0.677. The highest BCUT2D eigenvalue weighted by atomic mass is 14.8. The number of pyridine rings is 2. The number of rotatable bonds is 0. The van der Waals surface area contributed by atoms with Gasteiger partial charge in [0.1, 0.15) is 0 Å². The van der Waals surface area contributed by atoms with Crippen molar-refractivity contribution in [3.63, 3.8) is 0 Å². The minimum atomic E-state index is -0.0420. The van der Waals surface area contributed by atoms with Crippen LogP contribution in [0, 0.1) is 0 Å². The second-order valence-electron chi connectivity index (χ2n) is 7.74. The second-order valence-corrected chi connectivity index (χ2v) is 7.74. The van der Waals surface area contributed by atoms with Crippen LogP contribution in [0.25, 0.3) is 16.3 Å². The first-order valence-electron chi connectivity index (χ1n) is 7.63. The molecule has 0 radical (unpaired) electrons. The maximum absolute atomic E-state index is 5.07. The molecule has 0 fully saturated rings. The Morgan fingerprint density at radius 3 is 2.38 bits per heavy atom. The van der Waals surface area contributed by atoms with Crippen LogP contribution >= 0.6 is 0 Å². The van der Waals surface area contributed by atoms with Gasteiger partial charge >= 0.3 is 0 Å². The standard InChI is InChI=1S/C19H24N2/c1-11-12(2)19(6,7)17-15-13(8-9-20-16(11)15)10-14(21-17)18(3,4)5/h8-10H,1-7H3. The van der Waals surface area contributed by atoms with Crippen molar-refractivity contribution in [3.05, 3.63) is 41.0 Å². The summed E-state index contributed by atoms with van der Waals surface area (Å²) in [5.74, 6) is 0. The Balaban J connectivity index is 2.49. The Kier molecular flexibility index (Phi) is 2.82. The predicted molar refractivity (Wildman–Crippen MR) is 89.5 cm³/mol. The van der Waals surface area contributed by atoms with Gasteiger partial charge in [0.05, 0.1) is 11.4 Å². The van der Waals surface area contributed by atoms with Gasteiger partial charge in [0.25, 0.3) is 0 Å². The van der Waals surface area contributed by atoms with Gasteiger partial charge in [-0.05, 0) is 36.9 Å². The Labute approximate surface area is 127 Å². The molecule has 3 rings (SSSR count). The van der Waals surface area contributed by atoms with Crippen LogP contribution in [0.2, 0.25) is 0 Å². The molecular weight excluding hydrogens is 256 g/mol. The van der Waals surface area contributed by atoms with Gasteiger partial charge in [0, 0.05) is 28.1 Å². The molecule has 0 atom stereocenters. The van der Waals surface area contributed by atoms with Crippen molar-refractivity contribution in [2.75, 3.05) is 0 Å². The maximum atomic E-state index is 5.07. The molecule has 0 aromatic carbocycles. The van der Waals surface area contributed by atoms with E-state index >= 15 is 0 Å². The van der Waals surface area contributed by atoms with Crippen molar-refractivity contribution >= 4 is 16.3 Å². The lowest BCUT2D eigenvalue weighted by Crippen LogP contribution is -2.27. The first-order valence-corrected chi connectivity index (χ1v) is 7.63. The fourth-order valence-corrected chi connectivity index (χ4v) is 3.15. The average Bonchev–Trinajstić information content (AvgIpc) is 2.41. The van der Waals surface area contributed by atoms with Gasteiger partial charge in [-0.2, -0.15) is 0 Å². The van der Waals surface area contributed by atoms with E-state index in [-0.39, 0.29) is 10.8 Å². The molecule has 0 aliphatic heterocycles. The molecule has 1 aliphatic carbocycles. The molecular formula is C19H24N2. The van der Waals surface area contributed by atoms with Gasteiger partial charge in [-0.3, -0.25) is 9.97 Å². The van der Waals surface area contributed by atoms with Crippen molar-refractivity contribution in [3.8, 4) is 0 Å². The molecule has 1 aliphatic rings. The van der Waals surface area contributed by atoms with Gasteiger partial charge in [-0.15, -0.1) is 0 Å². The smallest absolute Gasteiger partial charge is 0.0755 e. The SMILES string of the molecule is CC1=C(C)C(C)(C)c2nc(C(C)(C)C)cc3ccnc1c23. The van der Waals surface area contributed by atoms with Crippen LogP contribution in [0.15, 0.2) is 23.9 Å². The zero-order chi connectivity index (χ0) is 15.6. The molecule has 0 spiro atoms. The number of aromatic nitrogens is 2. The molecule has 2 aromatic heterocycles. The number of hydrogen-bond donors (Lipinski definition) is 0. The summed E-state index contributed by atoms with van der Waals surface area (Å²) in [4.78, 5) is 9.69. The van der Waals surface area contributed by atoms with Crippen LogP contribution in [0.4, 0.5) is 0 Å². The van der Waals surface area contributed by atoms with E-state index < -0.39 is 0 Å². The fraction of sp³-hybridized carbons (Fsp3) is 0.474. The second kappa shape index (κ2) is 4.16. The molecule has 0 amide bonds. The van der Waals surface area contributed by atoms with Crippen molar-refractivity contribution in [2.45, 2.75) is 59.3 Å². The van der Waals surface area contributed by atoms with E-state index in [0.717, 1.165) is 11.4 Å². The van der Waals surface area contributed by atoms with Gasteiger partial charge in [0.15, 0.2) is 0 Å². The van der Waals surface area contributed by atoms with Crippen molar-refractivity contribution < 1.29 is 0 Å². The number of hydrogen-bond acceptors (Lipinski definition) is 2. The summed E-state index contributed by atoms with van der Waals surface area (Å²) >= 11 is 0. The molecule has 0 N–H and O–H groups in total. The summed E-state index contributed by atoms with van der Waals surface area (Å²) in [6.07, 6.45) is 1.92. The van der Waals surface area contributed by atoms with E-state index in [1.165, 1.54) is 27.6 Å². The summed E-state index contributed by atoms with van der Waals surface area (Å²) in [6, 6.07) is 4.34. The summed E-state index contributed by atoms with van der Waals surface area (Å²) in [6.45, 7) is 15.6. The molecule has 2 heterocycles. The predicted octanol–water partition coefficient (Wildman–Crippen LogP) is 5.01. The lowest BCUT2D eigenvalue weighted by atomic mass is 9.72. The van der Waals surface area contributed by atoms with Gasteiger partial charge in [-0.25, -0.2) is 0 Å². The Hall–Kier alpha value is -1.70. The van der Waals surface area contributed by atoms with E-state index in [9.17, 15) is 0 Å². The summed E-state index contributed by atoms with van der Waals surface area (Å²) in [5.41, 5.74) is 6.11. The third-order valence-electron chi connectivity index (χ3n) is 4.96. The first kappa shape index (κ1) is 14.2. The summed E-state index contributed by atoms with van der Waals surface area (Å²) in [5, 5.41) is 2.49. The Morgan fingerprint density at radius 1 is 1.10 bits per heavy atom. The highest BCUT2D eigenvalue weighted by Crippen LogP contribution is 2.45. The normalized spacial score (nSPS) is 17.5. The van der Waals surface area contributed by atoms with E-state index in [2.05, 4.69) is 65.6 Å². The molecule has 2 nitrogen and oxygen atoms in total. The van der Waals surface area contributed by atoms with Crippen LogP contribution in [0.3, 0.4) is 0 Å². The third-order valence-corrected chi connectivity index (χ3v) is 4.96. The monoisotopic (exact) mass is 280 g/mol. The van der Waals surface area contributed by atoms with Crippen LogP contribution in [-0.2, 0) is 10.8 Å². The highest BCUT2D eigenvalue weighted by molar-refractivity contribution is 5.97. The molecule has 0 saturated heterocycles. The zero-order valence-electron chi connectivity index (χ0n) is 14.1. The molecule has 0 saturated carbocycles. The van der Waals surface area contributed by atoms with Gasteiger partial charge in [-0.1, -0.05) is 40.2 Å². The molecule has 21 heavy (non-hydrogen) atoms. The molecule has 2 heteroatoms. The maximum Gasteiger partial charge on any atom is 0.0755 e. The molecule has 2 aromatic rings. The van der Waals surface area contributed by atoms with E-state index in [4.69, 9.17) is 4.98 Å². The third kappa shape index (κ3) is 1.92. The number of nitrogens with zero attached hydrogens (tertiary/aromatic N) is 2. The topological polar surface area (TPSA) is 25.8 Å².